The van der Waals surface area contributed by atoms with Crippen LogP contribution in [0.15, 0.2) is 65.6 Å². The number of amides is 1. The number of methoxy groups -OCH3 is 1. The third kappa shape index (κ3) is 7.62. The summed E-state index contributed by atoms with van der Waals surface area (Å²) in [6, 6.07) is 14.3. The van der Waals surface area contributed by atoms with Crippen molar-refractivity contribution in [1.29, 1.82) is 0 Å². The number of carbonyl (C=O) groups is 1. The first-order chi connectivity index (χ1) is 18.5. The highest BCUT2D eigenvalue weighted by atomic mass is 35.5. The second kappa shape index (κ2) is 12.0. The van der Waals surface area contributed by atoms with Crippen molar-refractivity contribution in [3.63, 3.8) is 0 Å². The molecule has 2 atom stereocenters. The van der Waals surface area contributed by atoms with Crippen LogP contribution in [-0.2, 0) is 30.4 Å². The molecule has 1 amide bonds. The molecule has 0 aliphatic rings. The number of aliphatic hydroxyl groups excluding tert-OH is 1. The molecular weight excluding hydrogens is 584 g/mol. The normalized spacial score (nSPS) is 14.2. The van der Waals surface area contributed by atoms with Crippen LogP contribution in [0.3, 0.4) is 0 Å². The van der Waals surface area contributed by atoms with Gasteiger partial charge in [-0.15, -0.1) is 0 Å². The Morgan fingerprint density at radius 3 is 2.30 bits per heavy atom. The maximum absolute atomic E-state index is 13.6. The van der Waals surface area contributed by atoms with E-state index in [0.717, 1.165) is 12.3 Å². The molecular formula is C25H29ClN4O8S2. The van der Waals surface area contributed by atoms with Crippen LogP contribution in [0.5, 0.6) is 11.5 Å². The number of carbonyl (C=O) groups excluding carboxylic acids is 1. The molecule has 15 heteroatoms. The molecule has 0 saturated carbocycles. The zero-order valence-corrected chi connectivity index (χ0v) is 24.1. The number of phenolic OH excluding ortho intramolecular Hbond substituents is 1. The summed E-state index contributed by atoms with van der Waals surface area (Å²) in [6.45, 7) is 1.36. The van der Waals surface area contributed by atoms with E-state index in [1.165, 1.54) is 37.4 Å². The number of anilines is 2. The Morgan fingerprint density at radius 1 is 1.07 bits per heavy atom. The molecule has 40 heavy (non-hydrogen) atoms. The van der Waals surface area contributed by atoms with Crippen molar-refractivity contribution in [2.75, 3.05) is 29.9 Å². The molecule has 0 bridgehead atoms. The lowest BCUT2D eigenvalue weighted by Crippen LogP contribution is -2.51. The van der Waals surface area contributed by atoms with Crippen molar-refractivity contribution in [2.45, 2.75) is 23.5 Å². The van der Waals surface area contributed by atoms with Crippen molar-refractivity contribution < 1.29 is 36.6 Å². The Balaban J connectivity index is 1.93. The number of rotatable bonds is 11. The van der Waals surface area contributed by atoms with Crippen LogP contribution in [0.2, 0.25) is 5.02 Å². The SMILES string of the molecule is COc1ccc(C(C)(NCC(O)c2ccc(O)c(NS(C)(=O)=O)c2)C(=O)Nc2ccc(Cl)c(S(N)(=O)=O)c2)cc1. The minimum Gasteiger partial charge on any atom is -0.506 e. The summed E-state index contributed by atoms with van der Waals surface area (Å²) >= 11 is 5.95. The van der Waals surface area contributed by atoms with Crippen LogP contribution >= 0.6 is 11.6 Å². The molecule has 2 unspecified atom stereocenters. The predicted octanol–water partition coefficient (Wildman–Crippen LogP) is 2.25. The second-order valence-corrected chi connectivity index (χ2v) is 12.7. The Kier molecular flexibility index (Phi) is 9.34. The smallest absolute Gasteiger partial charge is 0.249 e. The summed E-state index contributed by atoms with van der Waals surface area (Å²) < 4.78 is 54.4. The number of benzene rings is 3. The van der Waals surface area contributed by atoms with E-state index < -0.39 is 37.6 Å². The van der Waals surface area contributed by atoms with Gasteiger partial charge in [0.1, 0.15) is 21.9 Å². The standard InChI is InChI=1S/C25H29ClN4O8S2/c1-25(16-5-8-18(38-2)9-6-16,24(33)29-17-7-10-19(26)23(13-17)40(27,36)37)28-14-22(32)15-4-11-21(31)20(12-15)30-39(3,34)35/h4-13,22,28,30-32H,14H2,1-3H3,(H,29,33)(H2,27,36,37). The highest BCUT2D eigenvalue weighted by Crippen LogP contribution is 2.31. The Morgan fingerprint density at radius 2 is 1.73 bits per heavy atom. The van der Waals surface area contributed by atoms with E-state index in [9.17, 15) is 31.8 Å². The lowest BCUT2D eigenvalue weighted by Gasteiger charge is -2.31. The molecule has 0 aliphatic carbocycles. The van der Waals surface area contributed by atoms with Gasteiger partial charge in [0.25, 0.3) is 0 Å². The van der Waals surface area contributed by atoms with Crippen molar-refractivity contribution in [2.24, 2.45) is 5.14 Å². The molecule has 0 saturated heterocycles. The molecule has 7 N–H and O–H groups in total. The molecule has 3 rings (SSSR count). The fourth-order valence-electron chi connectivity index (χ4n) is 3.75. The highest BCUT2D eigenvalue weighted by molar-refractivity contribution is 7.92. The van der Waals surface area contributed by atoms with Gasteiger partial charge in [0.05, 0.1) is 30.2 Å². The maximum atomic E-state index is 13.6. The lowest BCUT2D eigenvalue weighted by atomic mass is 9.90. The molecule has 216 valence electrons. The minimum atomic E-state index is -4.16. The van der Waals surface area contributed by atoms with Gasteiger partial charge in [0.2, 0.25) is 26.0 Å². The van der Waals surface area contributed by atoms with E-state index in [4.69, 9.17) is 21.5 Å². The van der Waals surface area contributed by atoms with Gasteiger partial charge in [-0.2, -0.15) is 0 Å². The van der Waals surface area contributed by atoms with Crippen molar-refractivity contribution >= 4 is 48.9 Å². The third-order valence-corrected chi connectivity index (χ3v) is 7.95. The molecule has 3 aromatic rings. The molecule has 0 spiro atoms. The number of hydrogen-bond donors (Lipinski definition) is 6. The first-order valence-electron chi connectivity index (χ1n) is 11.6. The maximum Gasteiger partial charge on any atom is 0.249 e. The topological polar surface area (TPSA) is 197 Å². The number of primary sulfonamides is 1. The zero-order valence-electron chi connectivity index (χ0n) is 21.7. The first kappa shape index (κ1) is 31.1. The van der Waals surface area contributed by atoms with E-state index in [0.29, 0.717) is 11.3 Å². The van der Waals surface area contributed by atoms with Gasteiger partial charge < -0.3 is 20.3 Å². The van der Waals surface area contributed by atoms with E-state index in [1.807, 2.05) is 0 Å². The number of nitrogens with two attached hydrogens (primary N) is 1. The molecule has 0 heterocycles. The number of sulfonamides is 2. The van der Waals surface area contributed by atoms with E-state index >= 15 is 0 Å². The van der Waals surface area contributed by atoms with Gasteiger partial charge in [0, 0.05) is 12.2 Å². The number of hydrogen-bond acceptors (Lipinski definition) is 9. The fraction of sp³-hybridized carbons (Fsp3) is 0.240. The van der Waals surface area contributed by atoms with E-state index in [-0.39, 0.29) is 39.2 Å². The van der Waals surface area contributed by atoms with Crippen LogP contribution < -0.4 is 25.2 Å². The predicted molar refractivity (Wildman–Crippen MR) is 151 cm³/mol. The van der Waals surface area contributed by atoms with Crippen LogP contribution in [0, 0.1) is 0 Å². The summed E-state index contributed by atoms with van der Waals surface area (Å²) in [6.07, 6.45) is -0.321. The Hall–Kier alpha value is -3.40. The monoisotopic (exact) mass is 612 g/mol. The van der Waals surface area contributed by atoms with Crippen molar-refractivity contribution in [3.05, 3.63) is 76.8 Å². The average molecular weight is 613 g/mol. The molecule has 0 fully saturated rings. The first-order valence-corrected chi connectivity index (χ1v) is 15.4. The number of nitrogens with one attached hydrogen (secondary N) is 3. The average Bonchev–Trinajstić information content (AvgIpc) is 2.88. The summed E-state index contributed by atoms with van der Waals surface area (Å²) in [7, 11) is -6.37. The second-order valence-electron chi connectivity index (χ2n) is 9.05. The van der Waals surface area contributed by atoms with E-state index in [2.05, 4.69) is 15.4 Å². The van der Waals surface area contributed by atoms with Gasteiger partial charge in [-0.3, -0.25) is 14.8 Å². The quantitative estimate of drug-likeness (QED) is 0.176. The number of aromatic hydroxyl groups is 1. The summed E-state index contributed by atoms with van der Waals surface area (Å²) in [5.41, 5.74) is -0.772. The van der Waals surface area contributed by atoms with Gasteiger partial charge in [-0.1, -0.05) is 29.8 Å². The van der Waals surface area contributed by atoms with Gasteiger partial charge in [0.15, 0.2) is 0 Å². The van der Waals surface area contributed by atoms with Crippen LogP contribution in [0.25, 0.3) is 0 Å². The van der Waals surface area contributed by atoms with Gasteiger partial charge in [-0.05, 0) is 60.5 Å². The minimum absolute atomic E-state index is 0.107. The summed E-state index contributed by atoms with van der Waals surface area (Å²) in [5.74, 6) is -0.409. The van der Waals surface area contributed by atoms with Crippen LogP contribution in [0.1, 0.15) is 24.2 Å². The van der Waals surface area contributed by atoms with Crippen LogP contribution in [0.4, 0.5) is 11.4 Å². The molecule has 0 aromatic heterocycles. The van der Waals surface area contributed by atoms with Crippen molar-refractivity contribution in [1.82, 2.24) is 5.32 Å². The highest BCUT2D eigenvalue weighted by Gasteiger charge is 2.36. The Labute approximate surface area is 237 Å². The number of ether oxygens (including phenoxy) is 1. The fourth-order valence-corrected chi connectivity index (χ4v) is 5.39. The Bertz CT molecular complexity index is 1620. The number of halogens is 1. The third-order valence-electron chi connectivity index (χ3n) is 5.97. The van der Waals surface area contributed by atoms with Crippen molar-refractivity contribution in [3.8, 4) is 11.5 Å². The molecule has 3 aromatic carbocycles. The lowest BCUT2D eigenvalue weighted by molar-refractivity contribution is -0.122. The summed E-state index contributed by atoms with van der Waals surface area (Å²) in [4.78, 5) is 13.3. The van der Waals surface area contributed by atoms with Gasteiger partial charge >= 0.3 is 0 Å². The largest absolute Gasteiger partial charge is 0.506 e. The molecule has 0 aliphatic heterocycles. The number of phenols is 1. The molecule has 0 radical (unpaired) electrons. The number of aliphatic hydroxyl groups is 1. The molecule has 12 nitrogen and oxygen atoms in total. The van der Waals surface area contributed by atoms with Crippen LogP contribution in [-0.4, -0.2) is 52.9 Å². The van der Waals surface area contributed by atoms with E-state index in [1.54, 1.807) is 31.2 Å². The summed E-state index contributed by atoms with van der Waals surface area (Å²) in [5, 5.41) is 31.7. The van der Waals surface area contributed by atoms with Gasteiger partial charge in [-0.25, -0.2) is 22.0 Å². The zero-order chi connectivity index (χ0) is 29.9.